The van der Waals surface area contributed by atoms with Crippen molar-refractivity contribution in [2.75, 3.05) is 26.4 Å². The van der Waals surface area contributed by atoms with Crippen LogP contribution in [0.4, 0.5) is 0 Å². The Labute approximate surface area is 272 Å². The molecule has 0 aliphatic carbocycles. The first-order valence-electron chi connectivity index (χ1n) is 15.2. The fourth-order valence-electron chi connectivity index (χ4n) is 5.11. The predicted molar refractivity (Wildman–Crippen MR) is 161 cm³/mol. The molecule has 0 spiro atoms. The first-order valence-corrected chi connectivity index (χ1v) is 18.1. The molecule has 4 rings (SSSR count). The summed E-state index contributed by atoms with van der Waals surface area (Å²) in [7, 11) is -10.1. The lowest BCUT2D eigenvalue weighted by atomic mass is 10.2. The largest absolute Gasteiger partial charge is 0.756 e. The molecular formula is C26H39N5O15P2-2. The van der Waals surface area contributed by atoms with Crippen molar-refractivity contribution in [3.05, 3.63) is 65.2 Å². The average molecular weight is 724 g/mol. The average Bonchev–Trinajstić information content (AvgIpc) is 3.58. The highest BCUT2D eigenvalue weighted by Gasteiger charge is 2.42. The minimum atomic E-state index is -5.24. The van der Waals surface area contributed by atoms with E-state index in [4.69, 9.17) is 33.3 Å². The minimum Gasteiger partial charge on any atom is -0.756 e. The van der Waals surface area contributed by atoms with Gasteiger partial charge in [-0.05, 0) is 33.2 Å². The number of hydrogen-bond acceptors (Lipinski definition) is 16. The molecule has 2 aromatic heterocycles. The molecule has 48 heavy (non-hydrogen) atoms. The molecular weight excluding hydrogens is 684 g/mol. The van der Waals surface area contributed by atoms with Crippen molar-refractivity contribution in [3.8, 4) is 0 Å². The number of nitrogens with zero attached hydrogens (tertiary/aromatic N) is 2. The summed E-state index contributed by atoms with van der Waals surface area (Å²) in [5.74, 6) is 0. The molecule has 2 saturated heterocycles. The highest BCUT2D eigenvalue weighted by Crippen LogP contribution is 2.47. The Kier molecular flexibility index (Phi) is 13.1. The quantitative estimate of drug-likeness (QED) is 0.107. The van der Waals surface area contributed by atoms with Gasteiger partial charge in [0.15, 0.2) is 0 Å². The van der Waals surface area contributed by atoms with Crippen LogP contribution < -0.4 is 38.0 Å². The van der Waals surface area contributed by atoms with E-state index < -0.39 is 88.2 Å². The molecule has 0 radical (unpaired) electrons. The molecule has 0 amide bonds. The number of aliphatic hydroxyl groups is 1. The van der Waals surface area contributed by atoms with Gasteiger partial charge in [0.25, 0.3) is 26.8 Å². The molecule has 2 aliphatic rings. The molecule has 2 aromatic rings. The third-order valence-corrected chi connectivity index (χ3v) is 9.66. The third-order valence-electron chi connectivity index (χ3n) is 7.70. The van der Waals surface area contributed by atoms with Crippen molar-refractivity contribution in [1.82, 2.24) is 19.1 Å². The van der Waals surface area contributed by atoms with Gasteiger partial charge in [0.05, 0.1) is 32.0 Å². The van der Waals surface area contributed by atoms with E-state index in [1.807, 2.05) is 0 Å². The zero-order valence-electron chi connectivity index (χ0n) is 26.2. The van der Waals surface area contributed by atoms with Gasteiger partial charge in [0, 0.05) is 36.4 Å². The number of ether oxygens (including phenoxy) is 2. The van der Waals surface area contributed by atoms with Gasteiger partial charge in [0.1, 0.15) is 24.7 Å². The summed E-state index contributed by atoms with van der Waals surface area (Å²) < 4.78 is 58.7. The summed E-state index contributed by atoms with van der Waals surface area (Å²) >= 11 is 0. The molecule has 270 valence electrons. The number of H-pyrrole nitrogens is 2. The van der Waals surface area contributed by atoms with E-state index in [2.05, 4.69) is 9.97 Å². The number of unbranched alkanes of at least 4 members (excludes halogenated alkanes) is 3. The number of aromatic nitrogens is 4. The molecule has 0 bridgehead atoms. The highest BCUT2D eigenvalue weighted by molar-refractivity contribution is 7.46. The first-order chi connectivity index (χ1) is 22.6. The van der Waals surface area contributed by atoms with Crippen LogP contribution >= 0.6 is 15.6 Å². The number of hydrogen-bond donors (Lipinski definition) is 4. The summed E-state index contributed by atoms with van der Waals surface area (Å²) in [6.07, 6.45) is -2.90. The first kappa shape index (κ1) is 38.2. The molecule has 8 atom stereocenters. The number of aliphatic hydroxyl groups excluding tert-OH is 1. The van der Waals surface area contributed by atoms with Gasteiger partial charge in [-0.15, -0.1) is 0 Å². The topological polar surface area (TPSA) is 292 Å². The lowest BCUT2D eigenvalue weighted by Crippen LogP contribution is -2.34. The van der Waals surface area contributed by atoms with Crippen LogP contribution in [0.25, 0.3) is 0 Å². The standard InChI is InChI=1S/C26H41N5O15P2/c1-15-11-30(25(35)28-23(15)33)21-9-17(32)19(44-21)13-43-48(39,40)46-18-10-22(31-12-16(2)24(34)29-26(31)36)45-20(18)14-42-47(37,38)41-8-6-4-3-5-7-27/h11-12,17-22,32H,3-10,13-14,27H2,1-2H3,(H,37,38)(H,39,40)(H,28,33,35)(H,29,34,36)/p-2/t17?,18?,19-,20-,21-,22-/m1/s1. The predicted octanol–water partition coefficient (Wildman–Crippen LogP) is -1.47. The van der Waals surface area contributed by atoms with E-state index >= 15 is 0 Å². The number of phosphoric acid groups is 2. The van der Waals surface area contributed by atoms with Gasteiger partial charge in [-0.3, -0.25) is 37.8 Å². The van der Waals surface area contributed by atoms with Crippen LogP contribution in [0.2, 0.25) is 0 Å². The molecule has 4 heterocycles. The number of phosphoric ester groups is 2. The van der Waals surface area contributed by atoms with Crippen molar-refractivity contribution in [1.29, 1.82) is 0 Å². The SMILES string of the molecule is Cc1cn([C@H]2CC(O)[C@@H](COP(=O)([O-])OC3C[C@H](n4cc(C)c(=O)[nH]c4=O)O[C@@H]3COP(=O)([O-])OCCCCCCN)O2)c(=O)[nH]c1=O. The van der Waals surface area contributed by atoms with E-state index in [0.29, 0.717) is 19.4 Å². The van der Waals surface area contributed by atoms with E-state index in [0.717, 1.165) is 22.0 Å². The fraction of sp³-hybridized carbons (Fsp3) is 0.692. The van der Waals surface area contributed by atoms with Gasteiger partial charge in [-0.25, -0.2) is 9.59 Å². The molecule has 4 unspecified atom stereocenters. The van der Waals surface area contributed by atoms with E-state index in [-0.39, 0.29) is 30.6 Å². The molecule has 20 nitrogen and oxygen atoms in total. The van der Waals surface area contributed by atoms with Crippen LogP contribution in [-0.4, -0.2) is 75.0 Å². The lowest BCUT2D eigenvalue weighted by molar-refractivity contribution is -0.236. The Bertz CT molecular complexity index is 1740. The highest BCUT2D eigenvalue weighted by atomic mass is 31.2. The number of nitrogens with two attached hydrogens (primary N) is 1. The second kappa shape index (κ2) is 16.4. The smallest absolute Gasteiger partial charge is 0.330 e. The van der Waals surface area contributed by atoms with Crippen molar-refractivity contribution >= 4 is 15.6 Å². The Hall–Kier alpha value is -2.58. The lowest BCUT2D eigenvalue weighted by Gasteiger charge is -2.30. The van der Waals surface area contributed by atoms with Crippen molar-refractivity contribution < 1.29 is 51.6 Å². The summed E-state index contributed by atoms with van der Waals surface area (Å²) in [4.78, 5) is 77.8. The molecule has 5 N–H and O–H groups in total. The molecule has 2 fully saturated rings. The maximum absolute atomic E-state index is 12.9. The van der Waals surface area contributed by atoms with Crippen LogP contribution in [0, 0.1) is 13.8 Å². The van der Waals surface area contributed by atoms with Crippen LogP contribution in [0.1, 0.15) is 62.1 Å². The van der Waals surface area contributed by atoms with E-state index in [1.54, 1.807) is 0 Å². The normalized spacial score (nSPS) is 26.8. The molecule has 22 heteroatoms. The minimum absolute atomic E-state index is 0.126. The van der Waals surface area contributed by atoms with Crippen molar-refractivity contribution in [2.45, 2.75) is 89.2 Å². The molecule has 2 aliphatic heterocycles. The van der Waals surface area contributed by atoms with Crippen LogP contribution in [0.3, 0.4) is 0 Å². The van der Waals surface area contributed by atoms with Crippen molar-refractivity contribution in [2.24, 2.45) is 5.73 Å². The Morgan fingerprint density at radius 3 is 1.96 bits per heavy atom. The van der Waals surface area contributed by atoms with Gasteiger partial charge >= 0.3 is 11.4 Å². The zero-order chi connectivity index (χ0) is 35.2. The number of rotatable bonds is 17. The van der Waals surface area contributed by atoms with E-state index in [1.165, 1.54) is 26.2 Å². The van der Waals surface area contributed by atoms with Crippen LogP contribution in [-0.2, 0) is 36.7 Å². The number of nitrogens with one attached hydrogen (secondary N) is 2. The van der Waals surface area contributed by atoms with Crippen molar-refractivity contribution in [3.63, 3.8) is 0 Å². The number of aryl methyl sites for hydroxylation is 2. The van der Waals surface area contributed by atoms with E-state index in [9.17, 15) is 43.2 Å². The van der Waals surface area contributed by atoms with Gasteiger partial charge in [-0.1, -0.05) is 12.8 Å². The second-order valence-electron chi connectivity index (χ2n) is 11.4. The summed E-state index contributed by atoms with van der Waals surface area (Å²) in [5.41, 5.74) is 2.88. The van der Waals surface area contributed by atoms with Gasteiger partial charge in [0.2, 0.25) is 0 Å². The maximum atomic E-state index is 12.9. The summed E-state index contributed by atoms with van der Waals surface area (Å²) in [6, 6.07) is 0. The number of aromatic amines is 2. The van der Waals surface area contributed by atoms with Crippen LogP contribution in [0.15, 0.2) is 31.6 Å². The molecule has 0 saturated carbocycles. The zero-order valence-corrected chi connectivity index (χ0v) is 28.0. The second-order valence-corrected chi connectivity index (χ2v) is 14.2. The Morgan fingerprint density at radius 1 is 0.833 bits per heavy atom. The Balaban J connectivity index is 1.41. The monoisotopic (exact) mass is 723 g/mol. The third kappa shape index (κ3) is 10.2. The van der Waals surface area contributed by atoms with Crippen LogP contribution in [0.5, 0.6) is 0 Å². The fourth-order valence-corrected chi connectivity index (χ4v) is 6.81. The van der Waals surface area contributed by atoms with Gasteiger partial charge < -0.3 is 48.2 Å². The maximum Gasteiger partial charge on any atom is 0.330 e. The Morgan fingerprint density at radius 2 is 1.35 bits per heavy atom. The summed E-state index contributed by atoms with van der Waals surface area (Å²) in [5, 5.41) is 10.5. The van der Waals surface area contributed by atoms with Gasteiger partial charge in [-0.2, -0.15) is 0 Å². The summed E-state index contributed by atoms with van der Waals surface area (Å²) in [6.45, 7) is 1.76. The molecule has 0 aromatic carbocycles.